The van der Waals surface area contributed by atoms with E-state index in [0.29, 0.717) is 17.7 Å². The first-order chi connectivity index (χ1) is 11.6. The summed E-state index contributed by atoms with van der Waals surface area (Å²) in [4.78, 5) is 29.5. The van der Waals surface area contributed by atoms with Crippen LogP contribution in [0, 0.1) is 0 Å². The average molecular weight is 324 g/mol. The van der Waals surface area contributed by atoms with Crippen molar-refractivity contribution in [3.63, 3.8) is 0 Å². The van der Waals surface area contributed by atoms with Crippen molar-refractivity contribution in [3.8, 4) is 0 Å². The highest BCUT2D eigenvalue weighted by Gasteiger charge is 2.16. The van der Waals surface area contributed by atoms with Gasteiger partial charge < -0.3 is 14.4 Å². The Labute approximate surface area is 139 Å². The first-order valence-electron chi connectivity index (χ1n) is 7.33. The third kappa shape index (κ3) is 2.99. The lowest BCUT2D eigenvalue weighted by atomic mass is 10.1. The molecule has 0 aliphatic carbocycles. The fraction of sp³-hybridized carbons (Fsp3) is 0.167. The summed E-state index contributed by atoms with van der Waals surface area (Å²) in [6, 6.07) is 12.3. The van der Waals surface area contributed by atoms with E-state index < -0.39 is 0 Å². The van der Waals surface area contributed by atoms with Crippen LogP contribution in [0.2, 0.25) is 0 Å². The molecule has 2 aromatic carbocycles. The Morgan fingerprint density at radius 1 is 0.958 bits per heavy atom. The van der Waals surface area contributed by atoms with Gasteiger partial charge in [0.05, 0.1) is 43.9 Å². The van der Waals surface area contributed by atoms with E-state index in [4.69, 9.17) is 9.47 Å². The highest BCUT2D eigenvalue weighted by Crippen LogP contribution is 2.28. The molecule has 122 valence electrons. The molecule has 0 aromatic heterocycles. The van der Waals surface area contributed by atoms with Crippen LogP contribution >= 0.6 is 0 Å². The molecule has 0 radical (unpaired) electrons. The SMILES string of the molecule is COC(=O)c1ccc(N2C=Nc3ccc(C(=O)OC)cc3C2)cc1. The Morgan fingerprint density at radius 3 is 2.25 bits per heavy atom. The number of ether oxygens (including phenoxy) is 2. The number of aliphatic imine (C=N–C) groups is 1. The van der Waals surface area contributed by atoms with Crippen molar-refractivity contribution in [2.45, 2.75) is 6.54 Å². The van der Waals surface area contributed by atoms with E-state index in [1.165, 1.54) is 14.2 Å². The molecule has 0 atom stereocenters. The molecule has 6 heteroatoms. The molecule has 0 saturated carbocycles. The first-order valence-corrected chi connectivity index (χ1v) is 7.33. The quantitative estimate of drug-likeness (QED) is 0.812. The fourth-order valence-electron chi connectivity index (χ4n) is 2.50. The maximum atomic E-state index is 11.7. The third-order valence-electron chi connectivity index (χ3n) is 3.80. The molecule has 0 N–H and O–H groups in total. The van der Waals surface area contributed by atoms with E-state index in [9.17, 15) is 9.59 Å². The number of methoxy groups -OCH3 is 2. The number of rotatable bonds is 3. The summed E-state index contributed by atoms with van der Waals surface area (Å²) in [5.74, 6) is -0.747. The summed E-state index contributed by atoms with van der Waals surface area (Å²) in [7, 11) is 2.71. The number of nitrogens with zero attached hydrogens (tertiary/aromatic N) is 2. The minimum absolute atomic E-state index is 0.373. The van der Waals surface area contributed by atoms with Gasteiger partial charge in [-0.05, 0) is 48.0 Å². The molecular formula is C18H16N2O4. The Bertz CT molecular complexity index is 812. The minimum Gasteiger partial charge on any atom is -0.465 e. The number of esters is 2. The highest BCUT2D eigenvalue weighted by atomic mass is 16.5. The van der Waals surface area contributed by atoms with Crippen molar-refractivity contribution in [3.05, 3.63) is 59.2 Å². The molecule has 1 aliphatic rings. The maximum Gasteiger partial charge on any atom is 0.337 e. The van der Waals surface area contributed by atoms with Gasteiger partial charge in [0.15, 0.2) is 0 Å². The number of carbonyl (C=O) groups excluding carboxylic acids is 2. The molecule has 0 unspecified atom stereocenters. The number of anilines is 1. The van der Waals surface area contributed by atoms with Crippen LogP contribution in [-0.4, -0.2) is 32.5 Å². The number of hydrogen-bond donors (Lipinski definition) is 0. The second kappa shape index (κ2) is 6.54. The highest BCUT2D eigenvalue weighted by molar-refractivity contribution is 5.92. The van der Waals surface area contributed by atoms with Crippen LogP contribution in [0.15, 0.2) is 47.5 Å². The molecule has 1 aliphatic heterocycles. The van der Waals surface area contributed by atoms with Gasteiger partial charge in [-0.2, -0.15) is 0 Å². The largest absolute Gasteiger partial charge is 0.465 e. The van der Waals surface area contributed by atoms with Crippen molar-refractivity contribution in [2.75, 3.05) is 19.1 Å². The molecule has 0 amide bonds. The average Bonchev–Trinajstić information content (AvgIpc) is 2.65. The number of carbonyl (C=O) groups is 2. The molecule has 3 rings (SSSR count). The van der Waals surface area contributed by atoms with E-state index in [0.717, 1.165) is 16.9 Å². The van der Waals surface area contributed by atoms with Gasteiger partial charge >= 0.3 is 11.9 Å². The standard InChI is InChI=1S/C18H16N2O4/c1-23-17(21)12-3-6-15(7-4-12)20-10-14-9-13(18(22)24-2)5-8-16(14)19-11-20/h3-9,11H,10H2,1-2H3. The molecular weight excluding hydrogens is 308 g/mol. The van der Waals surface area contributed by atoms with Crippen molar-refractivity contribution < 1.29 is 19.1 Å². The van der Waals surface area contributed by atoms with E-state index in [1.54, 1.807) is 36.7 Å². The molecule has 0 fully saturated rings. The van der Waals surface area contributed by atoms with Gasteiger partial charge in [-0.1, -0.05) is 0 Å². The van der Waals surface area contributed by atoms with E-state index in [2.05, 4.69) is 4.99 Å². The maximum absolute atomic E-state index is 11.7. The van der Waals surface area contributed by atoms with Gasteiger partial charge in [0, 0.05) is 5.69 Å². The summed E-state index contributed by atoms with van der Waals surface area (Å²) in [5.41, 5.74) is 3.63. The second-order valence-electron chi connectivity index (χ2n) is 5.25. The number of hydrogen-bond acceptors (Lipinski definition) is 6. The molecule has 0 saturated heterocycles. The van der Waals surface area contributed by atoms with Crippen LogP contribution in [0.4, 0.5) is 11.4 Å². The van der Waals surface area contributed by atoms with Crippen LogP contribution in [0.3, 0.4) is 0 Å². The van der Waals surface area contributed by atoms with Crippen molar-refractivity contribution in [1.82, 2.24) is 0 Å². The van der Waals surface area contributed by atoms with Gasteiger partial charge in [-0.25, -0.2) is 14.6 Å². The van der Waals surface area contributed by atoms with Gasteiger partial charge in [-0.15, -0.1) is 0 Å². The molecule has 1 heterocycles. The Hall–Kier alpha value is -3.15. The van der Waals surface area contributed by atoms with Crippen LogP contribution < -0.4 is 4.90 Å². The second-order valence-corrected chi connectivity index (χ2v) is 5.25. The van der Waals surface area contributed by atoms with E-state index in [1.807, 2.05) is 17.0 Å². The Morgan fingerprint density at radius 2 is 1.58 bits per heavy atom. The summed E-state index contributed by atoms with van der Waals surface area (Å²) < 4.78 is 9.44. The monoisotopic (exact) mass is 324 g/mol. The van der Waals surface area contributed by atoms with Crippen molar-refractivity contribution in [2.24, 2.45) is 4.99 Å². The molecule has 0 bridgehead atoms. The number of benzene rings is 2. The lowest BCUT2D eigenvalue weighted by Crippen LogP contribution is -2.23. The Balaban J connectivity index is 1.84. The normalized spacial score (nSPS) is 12.5. The lowest BCUT2D eigenvalue weighted by molar-refractivity contribution is 0.0592. The van der Waals surface area contributed by atoms with Gasteiger partial charge in [0.2, 0.25) is 0 Å². The predicted octanol–water partition coefficient (Wildman–Crippen LogP) is 2.94. The summed E-state index contributed by atoms with van der Waals surface area (Å²) in [6.07, 6.45) is 1.73. The van der Waals surface area contributed by atoms with E-state index >= 15 is 0 Å². The van der Waals surface area contributed by atoms with Crippen LogP contribution in [-0.2, 0) is 16.0 Å². The Kier molecular flexibility index (Phi) is 4.29. The zero-order valence-corrected chi connectivity index (χ0v) is 13.4. The van der Waals surface area contributed by atoms with Crippen LogP contribution in [0.25, 0.3) is 0 Å². The van der Waals surface area contributed by atoms with Gasteiger partial charge in [-0.3, -0.25) is 0 Å². The van der Waals surface area contributed by atoms with Crippen LogP contribution in [0.5, 0.6) is 0 Å². The van der Waals surface area contributed by atoms with Gasteiger partial charge in [0.25, 0.3) is 0 Å². The smallest absolute Gasteiger partial charge is 0.337 e. The lowest BCUT2D eigenvalue weighted by Gasteiger charge is -2.24. The first kappa shape index (κ1) is 15.7. The summed E-state index contributed by atoms with van der Waals surface area (Å²) in [6.45, 7) is 0.571. The topological polar surface area (TPSA) is 68.2 Å². The summed E-state index contributed by atoms with van der Waals surface area (Å²) >= 11 is 0. The molecule has 6 nitrogen and oxygen atoms in total. The molecule has 24 heavy (non-hydrogen) atoms. The minimum atomic E-state index is -0.374. The zero-order chi connectivity index (χ0) is 17.1. The fourth-order valence-corrected chi connectivity index (χ4v) is 2.50. The molecule has 2 aromatic rings. The van der Waals surface area contributed by atoms with Gasteiger partial charge in [0.1, 0.15) is 0 Å². The van der Waals surface area contributed by atoms with Crippen molar-refractivity contribution in [1.29, 1.82) is 0 Å². The van der Waals surface area contributed by atoms with E-state index in [-0.39, 0.29) is 11.9 Å². The zero-order valence-electron chi connectivity index (χ0n) is 13.4. The molecule has 0 spiro atoms. The number of fused-ring (bicyclic) bond motifs is 1. The summed E-state index contributed by atoms with van der Waals surface area (Å²) in [5, 5.41) is 0. The van der Waals surface area contributed by atoms with Crippen molar-refractivity contribution >= 4 is 29.7 Å². The predicted molar refractivity (Wildman–Crippen MR) is 89.9 cm³/mol. The van der Waals surface area contributed by atoms with Crippen LogP contribution in [0.1, 0.15) is 26.3 Å². The third-order valence-corrected chi connectivity index (χ3v) is 3.80.